The maximum Gasteiger partial charge on any atom is 0.306 e. The maximum atomic E-state index is 11.4. The maximum absolute atomic E-state index is 11.4. The summed E-state index contributed by atoms with van der Waals surface area (Å²) in [6.45, 7) is 9.52. The Hall–Kier alpha value is -1.89. The van der Waals surface area contributed by atoms with E-state index in [1.807, 2.05) is 0 Å². The zero-order valence-corrected chi connectivity index (χ0v) is 21.3. The van der Waals surface area contributed by atoms with Gasteiger partial charge in [-0.1, -0.05) is 65.9 Å². The van der Waals surface area contributed by atoms with Crippen molar-refractivity contribution in [2.24, 2.45) is 17.8 Å². The van der Waals surface area contributed by atoms with Crippen molar-refractivity contribution in [1.82, 2.24) is 0 Å². The summed E-state index contributed by atoms with van der Waals surface area (Å²) in [5, 5.41) is 29.9. The summed E-state index contributed by atoms with van der Waals surface area (Å²) < 4.78 is 0.500. The number of unbranched alkanes of at least 4 members (excludes halogenated alkanes) is 6. The molecule has 2 N–H and O–H groups in total. The van der Waals surface area contributed by atoms with Crippen molar-refractivity contribution in [1.29, 1.82) is 0 Å². The van der Waals surface area contributed by atoms with Crippen LogP contribution >= 0.6 is 0 Å². The summed E-state index contributed by atoms with van der Waals surface area (Å²) in [4.78, 5) is 34.0. The second-order valence-corrected chi connectivity index (χ2v) is 9.79. The fourth-order valence-corrected chi connectivity index (χ4v) is 3.84. The van der Waals surface area contributed by atoms with Crippen LogP contribution in [0.4, 0.5) is 0 Å². The highest BCUT2D eigenvalue weighted by molar-refractivity contribution is 5.69. The number of hydrogen-bond acceptors (Lipinski definition) is 4. The monoisotopic (exact) mass is 469 g/mol. The highest BCUT2D eigenvalue weighted by Crippen LogP contribution is 2.20. The number of allylic oxidation sites excluding steroid dienone is 1. The summed E-state index contributed by atoms with van der Waals surface area (Å²) in [5.41, 5.74) is 0. The van der Waals surface area contributed by atoms with Crippen LogP contribution in [-0.2, 0) is 14.4 Å². The van der Waals surface area contributed by atoms with Crippen molar-refractivity contribution < 1.29 is 34.2 Å². The smallest absolute Gasteiger partial charge is 0.306 e. The van der Waals surface area contributed by atoms with Gasteiger partial charge in [-0.25, -0.2) is 0 Å². The first-order chi connectivity index (χ1) is 15.5. The van der Waals surface area contributed by atoms with Gasteiger partial charge in [-0.3, -0.25) is 9.59 Å². The summed E-state index contributed by atoms with van der Waals surface area (Å²) in [6, 6.07) is 0. The molecular formula is C26H47NO6. The van der Waals surface area contributed by atoms with Gasteiger partial charge in [0.25, 0.3) is 0 Å². The van der Waals surface area contributed by atoms with Gasteiger partial charge in [0.2, 0.25) is 0 Å². The molecule has 0 fully saturated rings. The van der Waals surface area contributed by atoms with Crippen LogP contribution in [-0.4, -0.2) is 58.8 Å². The van der Waals surface area contributed by atoms with Gasteiger partial charge in [0.1, 0.15) is 0 Å². The van der Waals surface area contributed by atoms with Crippen LogP contribution in [0, 0.1) is 17.8 Å². The van der Waals surface area contributed by atoms with Crippen molar-refractivity contribution in [3.8, 4) is 0 Å². The van der Waals surface area contributed by atoms with E-state index in [1.165, 1.54) is 32.1 Å². The third kappa shape index (κ3) is 14.8. The van der Waals surface area contributed by atoms with E-state index in [4.69, 9.17) is 0 Å². The molecule has 0 aliphatic rings. The first-order valence-electron chi connectivity index (χ1n) is 12.7. The molecule has 0 aliphatic heterocycles. The van der Waals surface area contributed by atoms with Gasteiger partial charge in [-0.05, 0) is 18.9 Å². The van der Waals surface area contributed by atoms with Crippen molar-refractivity contribution in [3.05, 3.63) is 12.2 Å². The second kappa shape index (κ2) is 17.6. The molecule has 3 atom stereocenters. The molecule has 0 aromatic rings. The molecule has 0 saturated carbocycles. The van der Waals surface area contributed by atoms with Gasteiger partial charge in [-0.15, -0.1) is 0 Å². The molecule has 192 valence electrons. The predicted molar refractivity (Wildman–Crippen MR) is 128 cm³/mol. The van der Waals surface area contributed by atoms with Gasteiger partial charge in [0.15, 0.2) is 0 Å². The third-order valence-corrected chi connectivity index (χ3v) is 6.74. The molecule has 0 saturated heterocycles. The lowest BCUT2D eigenvalue weighted by Crippen LogP contribution is -2.52. The third-order valence-electron chi connectivity index (χ3n) is 6.74. The first-order valence-corrected chi connectivity index (χ1v) is 12.7. The average molecular weight is 470 g/mol. The summed E-state index contributed by atoms with van der Waals surface area (Å²) in [5.74, 6) is -4.43. The minimum atomic E-state index is -1.09. The van der Waals surface area contributed by atoms with E-state index in [0.29, 0.717) is 49.9 Å². The van der Waals surface area contributed by atoms with Crippen LogP contribution < -0.4 is 5.11 Å². The Morgan fingerprint density at radius 1 is 0.758 bits per heavy atom. The van der Waals surface area contributed by atoms with E-state index < -0.39 is 35.7 Å². The Kier molecular flexibility index (Phi) is 16.6. The van der Waals surface area contributed by atoms with Crippen molar-refractivity contribution in [2.45, 2.75) is 91.9 Å². The van der Waals surface area contributed by atoms with Gasteiger partial charge in [0, 0.05) is 31.1 Å². The summed E-state index contributed by atoms with van der Waals surface area (Å²) in [7, 11) is 0. The fraction of sp³-hybridized carbons (Fsp3) is 0.808. The topological polar surface area (TPSA) is 115 Å². The van der Waals surface area contributed by atoms with Crippen LogP contribution in [0.25, 0.3) is 0 Å². The van der Waals surface area contributed by atoms with E-state index in [-0.39, 0.29) is 0 Å². The molecule has 7 heteroatoms. The van der Waals surface area contributed by atoms with Gasteiger partial charge in [-0.2, -0.15) is 0 Å². The largest absolute Gasteiger partial charge is 0.550 e. The number of hydrogen-bond donors (Lipinski definition) is 2. The Labute approximate surface area is 200 Å². The van der Waals surface area contributed by atoms with Crippen LogP contribution in [0.1, 0.15) is 91.9 Å². The quantitative estimate of drug-likeness (QED) is 0.149. The Morgan fingerprint density at radius 3 is 1.67 bits per heavy atom. The lowest BCUT2D eigenvalue weighted by Gasteiger charge is -2.40. The van der Waals surface area contributed by atoms with E-state index in [2.05, 4.69) is 19.1 Å². The Bertz CT molecular complexity index is 544. The highest BCUT2D eigenvalue weighted by atomic mass is 16.4. The SMILES string of the molecule is CCCCCCCC/C=C/C[N+](CCC(C)C(=O)[O-])(CCC(C)C(=O)O)CCC(C)C(=O)O. The van der Waals surface area contributed by atoms with E-state index in [0.717, 1.165) is 12.8 Å². The van der Waals surface area contributed by atoms with Crippen molar-refractivity contribution in [2.75, 3.05) is 26.2 Å². The number of carboxylic acid groups (broad SMARTS) is 3. The van der Waals surface area contributed by atoms with E-state index in [1.54, 1.807) is 20.8 Å². The molecule has 0 radical (unpaired) electrons. The number of carbonyl (C=O) groups excluding carboxylic acids is 1. The zero-order chi connectivity index (χ0) is 25.3. The molecular weight excluding hydrogens is 422 g/mol. The average Bonchev–Trinajstić information content (AvgIpc) is 2.77. The zero-order valence-electron chi connectivity index (χ0n) is 21.3. The number of carboxylic acids is 3. The van der Waals surface area contributed by atoms with Gasteiger partial charge >= 0.3 is 11.9 Å². The summed E-state index contributed by atoms with van der Waals surface area (Å²) in [6.07, 6.45) is 14.0. The highest BCUT2D eigenvalue weighted by Gasteiger charge is 2.30. The number of aliphatic carboxylic acids is 3. The standard InChI is InChI=1S/C26H47NO6/c1-5-6-7-8-9-10-11-12-13-17-27(18-14-21(2)24(28)29,19-15-22(3)25(30)31)20-16-23(4)26(32)33/h12-13,21-23H,5-11,14-20H2,1-4H3,(H2-,28,29,30,31,32,33)/b13-12+. The van der Waals surface area contributed by atoms with Crippen LogP contribution in [0.15, 0.2) is 12.2 Å². The number of rotatable bonds is 21. The van der Waals surface area contributed by atoms with Crippen LogP contribution in [0.3, 0.4) is 0 Å². The lowest BCUT2D eigenvalue weighted by atomic mass is 10.0. The molecule has 33 heavy (non-hydrogen) atoms. The van der Waals surface area contributed by atoms with Crippen LogP contribution in [0.2, 0.25) is 0 Å². The molecule has 0 amide bonds. The van der Waals surface area contributed by atoms with Gasteiger partial charge < -0.3 is 24.6 Å². The van der Waals surface area contributed by atoms with Crippen molar-refractivity contribution in [3.63, 3.8) is 0 Å². The molecule has 0 aromatic heterocycles. The minimum Gasteiger partial charge on any atom is -0.550 e. The molecule has 0 rings (SSSR count). The van der Waals surface area contributed by atoms with E-state index >= 15 is 0 Å². The Balaban J connectivity index is 5.27. The molecule has 0 spiro atoms. The molecule has 0 aromatic carbocycles. The van der Waals surface area contributed by atoms with E-state index in [9.17, 15) is 29.7 Å². The van der Waals surface area contributed by atoms with Crippen molar-refractivity contribution >= 4 is 17.9 Å². The molecule has 0 heterocycles. The minimum absolute atomic E-state index is 0.413. The molecule has 7 nitrogen and oxygen atoms in total. The lowest BCUT2D eigenvalue weighted by molar-refractivity contribution is -0.924. The molecule has 0 bridgehead atoms. The number of quaternary nitrogens is 1. The predicted octanol–water partition coefficient (Wildman–Crippen LogP) is 4.11. The second-order valence-electron chi connectivity index (χ2n) is 9.79. The Morgan fingerprint density at radius 2 is 1.21 bits per heavy atom. The van der Waals surface area contributed by atoms with Gasteiger partial charge in [0.05, 0.1) is 38.0 Å². The fourth-order valence-electron chi connectivity index (χ4n) is 3.84. The number of carbonyl (C=O) groups is 3. The normalized spacial score (nSPS) is 16.2. The number of nitrogens with zero attached hydrogens (tertiary/aromatic N) is 1. The first kappa shape index (κ1) is 31.1. The molecule has 3 unspecified atom stereocenters. The molecule has 0 aliphatic carbocycles. The van der Waals surface area contributed by atoms with Crippen LogP contribution in [0.5, 0.6) is 0 Å². The summed E-state index contributed by atoms with van der Waals surface area (Å²) >= 11 is 0.